The number of sulfonamides is 1. The molecule has 1 heterocycles. The van der Waals surface area contributed by atoms with Gasteiger partial charge in [-0.3, -0.25) is 4.90 Å². The van der Waals surface area contributed by atoms with E-state index >= 15 is 0 Å². The molecular formula is C20H20ClF3N2O5S. The largest absolute Gasteiger partial charge is 0.482 e. The highest BCUT2D eigenvalue weighted by Crippen LogP contribution is 2.30. The third-order valence-corrected chi connectivity index (χ3v) is 7.07. The van der Waals surface area contributed by atoms with E-state index in [0.29, 0.717) is 36.0 Å². The molecular weight excluding hydrogens is 473 g/mol. The van der Waals surface area contributed by atoms with E-state index in [2.05, 4.69) is 0 Å². The van der Waals surface area contributed by atoms with Crippen molar-refractivity contribution in [1.82, 2.24) is 9.21 Å². The molecule has 7 nitrogen and oxygen atoms in total. The van der Waals surface area contributed by atoms with Crippen LogP contribution < -0.4 is 4.74 Å². The maximum Gasteiger partial charge on any atom is 0.416 e. The number of benzene rings is 2. The lowest BCUT2D eigenvalue weighted by Gasteiger charge is -2.34. The minimum absolute atomic E-state index is 0.148. The van der Waals surface area contributed by atoms with Crippen LogP contribution in [0.3, 0.4) is 0 Å². The second-order valence-electron chi connectivity index (χ2n) is 7.14. The Morgan fingerprint density at radius 1 is 1.06 bits per heavy atom. The molecule has 0 unspecified atom stereocenters. The van der Waals surface area contributed by atoms with E-state index in [1.165, 1.54) is 4.31 Å². The number of hydrogen-bond donors (Lipinski definition) is 1. The van der Waals surface area contributed by atoms with Gasteiger partial charge in [0, 0.05) is 43.3 Å². The number of ether oxygens (including phenoxy) is 1. The van der Waals surface area contributed by atoms with Crippen LogP contribution in [0.2, 0.25) is 5.02 Å². The first kappa shape index (κ1) is 24.3. The second kappa shape index (κ2) is 9.65. The molecule has 1 aliphatic rings. The lowest BCUT2D eigenvalue weighted by molar-refractivity contribution is -0.139. The molecule has 2 aromatic carbocycles. The molecule has 1 aliphatic heterocycles. The van der Waals surface area contributed by atoms with Crippen LogP contribution in [0.4, 0.5) is 13.2 Å². The first-order valence-corrected chi connectivity index (χ1v) is 11.3. The van der Waals surface area contributed by atoms with E-state index in [1.807, 2.05) is 4.90 Å². The minimum atomic E-state index is -4.54. The second-order valence-corrected chi connectivity index (χ2v) is 9.51. The maximum absolute atomic E-state index is 12.8. The Labute approximate surface area is 188 Å². The number of carboxylic acid groups (broad SMARTS) is 1. The fourth-order valence-electron chi connectivity index (χ4n) is 3.29. The Bertz CT molecular complexity index is 1070. The summed E-state index contributed by atoms with van der Waals surface area (Å²) in [5.41, 5.74) is -0.249. The summed E-state index contributed by atoms with van der Waals surface area (Å²) in [6, 6.07) is 8.24. The van der Waals surface area contributed by atoms with Crippen molar-refractivity contribution in [2.75, 3.05) is 32.8 Å². The van der Waals surface area contributed by atoms with E-state index < -0.39 is 34.3 Å². The maximum atomic E-state index is 12.8. The molecule has 0 radical (unpaired) electrons. The van der Waals surface area contributed by atoms with Gasteiger partial charge in [-0.05, 0) is 42.5 Å². The van der Waals surface area contributed by atoms with Crippen molar-refractivity contribution in [3.63, 3.8) is 0 Å². The lowest BCUT2D eigenvalue weighted by Crippen LogP contribution is -2.48. The van der Waals surface area contributed by atoms with Crippen molar-refractivity contribution < 1.29 is 36.2 Å². The molecule has 3 rings (SSSR count). The van der Waals surface area contributed by atoms with Gasteiger partial charge >= 0.3 is 12.1 Å². The number of carbonyl (C=O) groups is 1. The summed E-state index contributed by atoms with van der Waals surface area (Å²) in [7, 11) is -3.93. The normalized spacial score (nSPS) is 16.1. The Balaban J connectivity index is 1.65. The van der Waals surface area contributed by atoms with Crippen molar-refractivity contribution in [2.24, 2.45) is 0 Å². The van der Waals surface area contributed by atoms with Crippen LogP contribution in [0.25, 0.3) is 0 Å². The van der Waals surface area contributed by atoms with Crippen molar-refractivity contribution in [1.29, 1.82) is 0 Å². The summed E-state index contributed by atoms with van der Waals surface area (Å²) in [6.07, 6.45) is -4.54. The molecule has 1 fully saturated rings. The summed E-state index contributed by atoms with van der Waals surface area (Å²) >= 11 is 6.04. The van der Waals surface area contributed by atoms with Gasteiger partial charge in [-0.15, -0.1) is 0 Å². The van der Waals surface area contributed by atoms with Crippen LogP contribution >= 0.6 is 11.6 Å². The number of halogens is 4. The number of aliphatic carboxylic acids is 1. The zero-order valence-corrected chi connectivity index (χ0v) is 18.3. The zero-order chi connectivity index (χ0) is 23.5. The molecule has 0 aromatic heterocycles. The Hall–Kier alpha value is -2.34. The molecule has 1 N–H and O–H groups in total. The van der Waals surface area contributed by atoms with E-state index in [-0.39, 0.29) is 18.0 Å². The molecule has 0 amide bonds. The molecule has 174 valence electrons. The number of alkyl halides is 3. The van der Waals surface area contributed by atoms with E-state index in [1.54, 1.807) is 18.2 Å². The Kier molecular flexibility index (Phi) is 7.33. The van der Waals surface area contributed by atoms with E-state index in [9.17, 15) is 26.4 Å². The van der Waals surface area contributed by atoms with Crippen LogP contribution in [0.15, 0.2) is 47.4 Å². The monoisotopic (exact) mass is 492 g/mol. The van der Waals surface area contributed by atoms with Gasteiger partial charge in [0.15, 0.2) is 6.61 Å². The van der Waals surface area contributed by atoms with Gasteiger partial charge in [0.2, 0.25) is 10.0 Å². The SMILES string of the molecule is O=C(O)COc1ccc(Cl)cc1CN1CCN(S(=O)(=O)c2ccc(C(F)(F)F)cc2)CC1. The summed E-state index contributed by atoms with van der Waals surface area (Å²) in [5, 5.41) is 9.27. The van der Waals surface area contributed by atoms with E-state index in [4.69, 9.17) is 21.4 Å². The van der Waals surface area contributed by atoms with Crippen LogP contribution in [-0.2, 0) is 27.5 Å². The predicted octanol–water partition coefficient (Wildman–Crippen LogP) is 3.33. The van der Waals surface area contributed by atoms with Gasteiger partial charge < -0.3 is 9.84 Å². The average Bonchev–Trinajstić information content (AvgIpc) is 2.73. The molecule has 0 bridgehead atoms. The van der Waals surface area contributed by atoms with Crippen molar-refractivity contribution >= 4 is 27.6 Å². The first-order chi connectivity index (χ1) is 15.0. The van der Waals surface area contributed by atoms with Gasteiger partial charge in [0.05, 0.1) is 10.5 Å². The van der Waals surface area contributed by atoms with E-state index in [0.717, 1.165) is 24.3 Å². The summed E-state index contributed by atoms with van der Waals surface area (Å²) in [6.45, 7) is 0.886. The number of piperazine rings is 1. The molecule has 0 saturated carbocycles. The van der Waals surface area contributed by atoms with Gasteiger partial charge in [-0.1, -0.05) is 11.6 Å². The van der Waals surface area contributed by atoms with Crippen molar-refractivity contribution in [3.8, 4) is 5.75 Å². The highest BCUT2D eigenvalue weighted by molar-refractivity contribution is 7.89. The Morgan fingerprint density at radius 2 is 1.69 bits per heavy atom. The summed E-state index contributed by atoms with van der Waals surface area (Å²) in [4.78, 5) is 12.5. The average molecular weight is 493 g/mol. The third kappa shape index (κ3) is 5.91. The topological polar surface area (TPSA) is 87.2 Å². The minimum Gasteiger partial charge on any atom is -0.482 e. The third-order valence-electron chi connectivity index (χ3n) is 4.92. The number of nitrogens with zero attached hydrogens (tertiary/aromatic N) is 2. The Morgan fingerprint density at radius 3 is 2.25 bits per heavy atom. The van der Waals surface area contributed by atoms with Crippen LogP contribution in [0, 0.1) is 0 Å². The molecule has 32 heavy (non-hydrogen) atoms. The van der Waals surface area contributed by atoms with Gasteiger partial charge in [0.1, 0.15) is 5.75 Å². The number of carboxylic acids is 1. The molecule has 12 heteroatoms. The van der Waals surface area contributed by atoms with Crippen molar-refractivity contribution in [3.05, 3.63) is 58.6 Å². The molecule has 0 atom stereocenters. The summed E-state index contributed by atoms with van der Waals surface area (Å²) in [5.74, 6) is -0.746. The molecule has 0 aliphatic carbocycles. The smallest absolute Gasteiger partial charge is 0.416 e. The predicted molar refractivity (Wildman–Crippen MR) is 110 cm³/mol. The first-order valence-electron chi connectivity index (χ1n) is 9.49. The fraction of sp³-hybridized carbons (Fsp3) is 0.350. The number of rotatable bonds is 7. The molecule has 2 aromatic rings. The standard InChI is InChI=1S/C20H20ClF3N2O5S/c21-16-3-6-18(31-13-19(27)28)14(11-16)12-25-7-9-26(10-8-25)32(29,30)17-4-1-15(2-5-17)20(22,23)24/h1-6,11H,7-10,12-13H2,(H,27,28). The number of hydrogen-bond acceptors (Lipinski definition) is 5. The van der Waals surface area contributed by atoms with Gasteiger partial charge in [0.25, 0.3) is 0 Å². The lowest BCUT2D eigenvalue weighted by atomic mass is 10.1. The fourth-order valence-corrected chi connectivity index (χ4v) is 4.90. The van der Waals surface area contributed by atoms with Crippen LogP contribution in [-0.4, -0.2) is 61.5 Å². The highest BCUT2D eigenvalue weighted by atomic mass is 35.5. The van der Waals surface area contributed by atoms with Crippen molar-refractivity contribution in [2.45, 2.75) is 17.6 Å². The van der Waals surface area contributed by atoms with Gasteiger partial charge in [-0.25, -0.2) is 13.2 Å². The molecule has 0 spiro atoms. The quantitative estimate of drug-likeness (QED) is 0.638. The van der Waals surface area contributed by atoms with Crippen LogP contribution in [0.1, 0.15) is 11.1 Å². The summed E-state index contributed by atoms with van der Waals surface area (Å²) < 4.78 is 70.3. The zero-order valence-electron chi connectivity index (χ0n) is 16.7. The van der Waals surface area contributed by atoms with Gasteiger partial charge in [-0.2, -0.15) is 17.5 Å². The van der Waals surface area contributed by atoms with Crippen LogP contribution in [0.5, 0.6) is 5.75 Å². The molecule has 1 saturated heterocycles. The highest BCUT2D eigenvalue weighted by Gasteiger charge is 2.32.